The number of methoxy groups -OCH3 is 1. The number of carbonyl (C=O) groups excluding carboxylic acids is 1. The summed E-state index contributed by atoms with van der Waals surface area (Å²) in [5, 5.41) is 4.98. The fourth-order valence-electron chi connectivity index (χ4n) is 3.50. The zero-order valence-electron chi connectivity index (χ0n) is 16.9. The van der Waals surface area contributed by atoms with E-state index in [2.05, 4.69) is 15.2 Å². The van der Waals surface area contributed by atoms with Crippen molar-refractivity contribution in [1.29, 1.82) is 0 Å². The average Bonchev–Trinajstić information content (AvgIpc) is 3.30. The minimum Gasteiger partial charge on any atom is -0.496 e. The van der Waals surface area contributed by atoms with Gasteiger partial charge in [-0.2, -0.15) is 0 Å². The molecule has 3 aromatic rings. The van der Waals surface area contributed by atoms with Crippen LogP contribution in [0, 0.1) is 0 Å². The Labute approximate surface area is 190 Å². The molecule has 7 nitrogen and oxygen atoms in total. The molecule has 0 bridgehead atoms. The first-order valence-electron chi connectivity index (χ1n) is 9.76. The number of pyridine rings is 1. The number of anilines is 1. The molecule has 1 fully saturated rings. The van der Waals surface area contributed by atoms with Gasteiger partial charge in [0.1, 0.15) is 17.2 Å². The number of primary amides is 1. The second-order valence-electron chi connectivity index (χ2n) is 7.11. The highest BCUT2D eigenvalue weighted by Crippen LogP contribution is 2.35. The van der Waals surface area contributed by atoms with Crippen LogP contribution in [0.4, 0.5) is 5.69 Å². The molecule has 0 spiro atoms. The zero-order chi connectivity index (χ0) is 22.0. The summed E-state index contributed by atoms with van der Waals surface area (Å²) in [6.45, 7) is 1.91. The van der Waals surface area contributed by atoms with Gasteiger partial charge in [0, 0.05) is 36.8 Å². The van der Waals surface area contributed by atoms with E-state index in [0.29, 0.717) is 44.0 Å². The molecule has 160 valence electrons. The van der Waals surface area contributed by atoms with Crippen molar-refractivity contribution in [2.24, 2.45) is 5.73 Å². The van der Waals surface area contributed by atoms with Crippen molar-refractivity contribution < 1.29 is 14.3 Å². The summed E-state index contributed by atoms with van der Waals surface area (Å²) in [7, 11) is 1.47. The van der Waals surface area contributed by atoms with E-state index >= 15 is 0 Å². The molecule has 0 atom stereocenters. The number of fused-ring (bicyclic) bond motifs is 1. The van der Waals surface area contributed by atoms with Crippen LogP contribution in [0.25, 0.3) is 10.9 Å². The maximum Gasteiger partial charge on any atom is 0.252 e. The highest BCUT2D eigenvalue weighted by atomic mass is 35.5. The number of benzene rings is 2. The number of nitrogens with two attached hydrogens (primary N) is 1. The van der Waals surface area contributed by atoms with Gasteiger partial charge in [-0.15, -0.1) is 0 Å². The van der Waals surface area contributed by atoms with Gasteiger partial charge in [-0.3, -0.25) is 9.78 Å². The largest absolute Gasteiger partial charge is 0.496 e. The van der Waals surface area contributed by atoms with Gasteiger partial charge in [-0.25, -0.2) is 0 Å². The maximum absolute atomic E-state index is 11.8. The number of hydrogen-bond donors (Lipinski definition) is 2. The van der Waals surface area contributed by atoms with Gasteiger partial charge in [0.15, 0.2) is 5.11 Å². The number of hydrogen-bond acceptors (Lipinski definition) is 5. The molecule has 4 rings (SSSR count). The molecule has 1 aliphatic rings. The van der Waals surface area contributed by atoms with Gasteiger partial charge >= 0.3 is 0 Å². The van der Waals surface area contributed by atoms with E-state index < -0.39 is 5.91 Å². The van der Waals surface area contributed by atoms with Crippen LogP contribution in [-0.2, 0) is 0 Å². The summed E-state index contributed by atoms with van der Waals surface area (Å²) in [6.07, 6.45) is 3.91. The van der Waals surface area contributed by atoms with Gasteiger partial charge in [0.2, 0.25) is 0 Å². The molecule has 1 aliphatic heterocycles. The predicted molar refractivity (Wildman–Crippen MR) is 125 cm³/mol. The fourth-order valence-corrected chi connectivity index (χ4v) is 4.01. The molecule has 2 heterocycles. The van der Waals surface area contributed by atoms with Crippen molar-refractivity contribution in [3.05, 3.63) is 53.2 Å². The topological polar surface area (TPSA) is 89.7 Å². The average molecular weight is 457 g/mol. The summed E-state index contributed by atoms with van der Waals surface area (Å²) in [6, 6.07) is 10.3. The zero-order valence-corrected chi connectivity index (χ0v) is 18.4. The third kappa shape index (κ3) is 4.50. The van der Waals surface area contributed by atoms with Crippen molar-refractivity contribution >= 4 is 51.4 Å². The molecule has 2 aromatic carbocycles. The summed E-state index contributed by atoms with van der Waals surface area (Å²) >= 11 is 11.9. The first kappa shape index (κ1) is 21.1. The van der Waals surface area contributed by atoms with Crippen molar-refractivity contribution in [2.75, 3.05) is 25.5 Å². The van der Waals surface area contributed by atoms with E-state index in [-0.39, 0.29) is 5.56 Å². The number of nitrogens with one attached hydrogen (secondary N) is 1. The molecule has 0 unspecified atom stereocenters. The maximum atomic E-state index is 11.8. The fraction of sp³-hybridized carbons (Fsp3) is 0.227. The Balaban J connectivity index is 1.60. The number of likely N-dealkylation sites (tertiary alicyclic amines) is 1. The number of thiocarbonyl (C=S) groups is 1. The molecule has 31 heavy (non-hydrogen) atoms. The number of carbonyl (C=O) groups is 1. The number of rotatable bonds is 5. The van der Waals surface area contributed by atoms with Crippen LogP contribution < -0.4 is 20.5 Å². The molecule has 9 heteroatoms. The van der Waals surface area contributed by atoms with E-state index in [4.69, 9.17) is 39.0 Å². The number of halogens is 1. The molecular formula is C22H21ClN4O3S. The molecular weight excluding hydrogens is 436 g/mol. The Morgan fingerprint density at radius 1 is 1.19 bits per heavy atom. The van der Waals surface area contributed by atoms with E-state index in [0.717, 1.165) is 25.9 Å². The van der Waals surface area contributed by atoms with Crippen LogP contribution in [-0.4, -0.2) is 41.1 Å². The summed E-state index contributed by atoms with van der Waals surface area (Å²) in [5.41, 5.74) is 7.06. The van der Waals surface area contributed by atoms with Crippen molar-refractivity contribution in [2.45, 2.75) is 12.8 Å². The number of aromatic nitrogens is 1. The van der Waals surface area contributed by atoms with Crippen LogP contribution in [0.5, 0.6) is 17.2 Å². The van der Waals surface area contributed by atoms with Gasteiger partial charge in [-0.05, 0) is 49.3 Å². The third-order valence-corrected chi connectivity index (χ3v) is 5.76. The third-order valence-electron chi connectivity index (χ3n) is 5.09. The molecule has 0 radical (unpaired) electrons. The van der Waals surface area contributed by atoms with E-state index in [1.54, 1.807) is 36.5 Å². The van der Waals surface area contributed by atoms with Crippen LogP contribution in [0.1, 0.15) is 23.2 Å². The minimum absolute atomic E-state index is 0.251. The van der Waals surface area contributed by atoms with Gasteiger partial charge in [-0.1, -0.05) is 11.6 Å². The first-order chi connectivity index (χ1) is 15.0. The molecule has 0 saturated carbocycles. The molecule has 3 N–H and O–H groups in total. The predicted octanol–water partition coefficient (Wildman–Crippen LogP) is 4.58. The SMILES string of the molecule is COc1cc2nccc(Oc3ccc(NC(=S)N4CCCC4)c(Cl)c3)c2cc1C(N)=O. The Morgan fingerprint density at radius 3 is 2.65 bits per heavy atom. The van der Waals surface area contributed by atoms with E-state index in [1.165, 1.54) is 7.11 Å². The number of ether oxygens (including phenoxy) is 2. The van der Waals surface area contributed by atoms with Crippen molar-refractivity contribution in [1.82, 2.24) is 9.88 Å². The quantitative estimate of drug-likeness (QED) is 0.543. The van der Waals surface area contributed by atoms with E-state index in [1.807, 2.05) is 6.07 Å². The van der Waals surface area contributed by atoms with Crippen LogP contribution in [0.2, 0.25) is 5.02 Å². The molecule has 1 aromatic heterocycles. The molecule has 0 aliphatic carbocycles. The second-order valence-corrected chi connectivity index (χ2v) is 7.90. The lowest BCUT2D eigenvalue weighted by Crippen LogP contribution is -2.31. The standard InChI is InChI=1S/C22H21ClN4O3S/c1-29-20-12-18-14(11-15(20)21(24)28)19(6-7-25-18)30-13-4-5-17(16(23)10-13)26-22(31)27-8-2-3-9-27/h4-7,10-12H,2-3,8-9H2,1H3,(H2,24,28)(H,26,31). The van der Waals surface area contributed by atoms with Crippen molar-refractivity contribution in [3.8, 4) is 17.2 Å². The summed E-state index contributed by atoms with van der Waals surface area (Å²) < 4.78 is 11.3. The van der Waals surface area contributed by atoms with Gasteiger partial charge < -0.3 is 25.4 Å². The second kappa shape index (κ2) is 8.95. The summed E-state index contributed by atoms with van der Waals surface area (Å²) in [4.78, 5) is 18.3. The minimum atomic E-state index is -0.596. The van der Waals surface area contributed by atoms with Crippen LogP contribution >= 0.6 is 23.8 Å². The monoisotopic (exact) mass is 456 g/mol. The Morgan fingerprint density at radius 2 is 1.97 bits per heavy atom. The lowest BCUT2D eigenvalue weighted by molar-refractivity contribution is 0.0997. The summed E-state index contributed by atoms with van der Waals surface area (Å²) in [5.74, 6) is 0.809. The van der Waals surface area contributed by atoms with E-state index in [9.17, 15) is 4.79 Å². The normalized spacial score (nSPS) is 13.3. The van der Waals surface area contributed by atoms with Crippen LogP contribution in [0.15, 0.2) is 42.6 Å². The lowest BCUT2D eigenvalue weighted by Gasteiger charge is -2.20. The highest BCUT2D eigenvalue weighted by molar-refractivity contribution is 7.80. The Hall–Kier alpha value is -3.10. The van der Waals surface area contributed by atoms with Gasteiger partial charge in [0.05, 0.1) is 28.9 Å². The highest BCUT2D eigenvalue weighted by Gasteiger charge is 2.17. The van der Waals surface area contributed by atoms with Crippen LogP contribution in [0.3, 0.4) is 0 Å². The van der Waals surface area contributed by atoms with Crippen molar-refractivity contribution in [3.63, 3.8) is 0 Å². The molecule has 1 amide bonds. The molecule has 1 saturated heterocycles. The lowest BCUT2D eigenvalue weighted by atomic mass is 10.1. The smallest absolute Gasteiger partial charge is 0.252 e. The van der Waals surface area contributed by atoms with Gasteiger partial charge in [0.25, 0.3) is 5.91 Å². The first-order valence-corrected chi connectivity index (χ1v) is 10.5. The Bertz CT molecular complexity index is 1160. The number of amides is 1. The Kier molecular flexibility index (Phi) is 6.11. The number of nitrogens with zero attached hydrogens (tertiary/aromatic N) is 2.